The molecule has 0 saturated carbocycles. The van der Waals surface area contributed by atoms with E-state index in [1.54, 1.807) is 17.1 Å². The van der Waals surface area contributed by atoms with Gasteiger partial charge in [-0.3, -0.25) is 9.48 Å². The minimum absolute atomic E-state index is 0.0472. The highest BCUT2D eigenvalue weighted by atomic mass is 32.1. The van der Waals surface area contributed by atoms with Crippen molar-refractivity contribution in [3.63, 3.8) is 0 Å². The van der Waals surface area contributed by atoms with E-state index in [9.17, 15) is 4.79 Å². The highest BCUT2D eigenvalue weighted by Crippen LogP contribution is 2.29. The topological polar surface area (TPSA) is 77.0 Å². The number of aryl methyl sites for hydroxylation is 1. The van der Waals surface area contributed by atoms with Gasteiger partial charge in [0.05, 0.1) is 17.5 Å². The van der Waals surface area contributed by atoms with Gasteiger partial charge in [-0.2, -0.15) is 5.10 Å². The first-order chi connectivity index (χ1) is 9.63. The van der Waals surface area contributed by atoms with Crippen LogP contribution in [0.3, 0.4) is 0 Å². The summed E-state index contributed by atoms with van der Waals surface area (Å²) in [5.74, 6) is 0.337. The summed E-state index contributed by atoms with van der Waals surface area (Å²) in [5.41, 5.74) is 7.34. The van der Waals surface area contributed by atoms with E-state index in [2.05, 4.69) is 10.1 Å². The number of piperidine rings is 1. The average Bonchev–Trinajstić information content (AvgIpc) is 3.07. The number of hydrogen-bond donors (Lipinski definition) is 1. The van der Waals surface area contributed by atoms with E-state index in [-0.39, 0.29) is 11.8 Å². The summed E-state index contributed by atoms with van der Waals surface area (Å²) >= 11 is 1.46. The first-order valence-corrected chi connectivity index (χ1v) is 7.50. The molecule has 1 aliphatic rings. The van der Waals surface area contributed by atoms with E-state index in [4.69, 9.17) is 5.73 Å². The molecule has 1 amide bonds. The molecule has 2 aromatic rings. The van der Waals surface area contributed by atoms with Crippen molar-refractivity contribution in [3.8, 4) is 0 Å². The number of aromatic nitrogens is 3. The first kappa shape index (κ1) is 13.1. The van der Waals surface area contributed by atoms with Crippen LogP contribution in [0.2, 0.25) is 0 Å². The minimum atomic E-state index is 0.0472. The summed E-state index contributed by atoms with van der Waals surface area (Å²) in [4.78, 5) is 18.7. The number of likely N-dealkylation sites (tertiary alicyclic amines) is 1. The third-order valence-electron chi connectivity index (χ3n) is 3.62. The van der Waals surface area contributed by atoms with Crippen molar-refractivity contribution in [2.45, 2.75) is 18.8 Å². The molecule has 1 aliphatic heterocycles. The van der Waals surface area contributed by atoms with E-state index >= 15 is 0 Å². The van der Waals surface area contributed by atoms with Gasteiger partial charge in [0.1, 0.15) is 0 Å². The van der Waals surface area contributed by atoms with Crippen LogP contribution >= 0.6 is 11.3 Å². The third kappa shape index (κ3) is 2.53. The zero-order chi connectivity index (χ0) is 14.1. The molecule has 0 aromatic carbocycles. The molecular formula is C13H17N5OS. The lowest BCUT2D eigenvalue weighted by atomic mass is 9.95. The zero-order valence-corrected chi connectivity index (χ0v) is 12.1. The molecular weight excluding hydrogens is 274 g/mol. The van der Waals surface area contributed by atoms with Crippen LogP contribution in [0.25, 0.3) is 0 Å². The predicted octanol–water partition coefficient (Wildman–Crippen LogP) is 1.48. The van der Waals surface area contributed by atoms with Crippen molar-refractivity contribution >= 4 is 22.4 Å². The Balaban J connectivity index is 1.73. The monoisotopic (exact) mass is 291 g/mol. The Morgan fingerprint density at radius 3 is 3.05 bits per heavy atom. The second kappa shape index (κ2) is 5.24. The van der Waals surface area contributed by atoms with Gasteiger partial charge in [0, 0.05) is 37.6 Å². The molecule has 2 aromatic heterocycles. The van der Waals surface area contributed by atoms with Crippen molar-refractivity contribution in [1.82, 2.24) is 19.7 Å². The second-order valence-corrected chi connectivity index (χ2v) is 5.99. The summed E-state index contributed by atoms with van der Waals surface area (Å²) in [6, 6.07) is 0. The van der Waals surface area contributed by atoms with Crippen LogP contribution in [0, 0.1) is 0 Å². The smallest absolute Gasteiger partial charge is 0.257 e. The van der Waals surface area contributed by atoms with Crippen LogP contribution in [0.4, 0.5) is 5.13 Å². The molecule has 0 bridgehead atoms. The van der Waals surface area contributed by atoms with Gasteiger partial charge in [-0.15, -0.1) is 11.3 Å². The molecule has 1 saturated heterocycles. The summed E-state index contributed by atoms with van der Waals surface area (Å²) < 4.78 is 1.65. The molecule has 2 N–H and O–H groups in total. The number of rotatable bonds is 2. The number of nitrogen functional groups attached to an aromatic ring is 1. The van der Waals surface area contributed by atoms with E-state index < -0.39 is 0 Å². The number of amides is 1. The lowest BCUT2D eigenvalue weighted by Gasteiger charge is -2.31. The standard InChI is InChI=1S/C13H17N5OS/c1-17-6-10(5-15-17)12(19)18-4-2-3-9(7-18)11-8-20-13(14)16-11/h5-6,8-9H,2-4,7H2,1H3,(H2,14,16)/t9-/m0/s1. The number of anilines is 1. The van der Waals surface area contributed by atoms with E-state index in [1.165, 1.54) is 11.3 Å². The summed E-state index contributed by atoms with van der Waals surface area (Å²) in [5, 5.41) is 6.65. The summed E-state index contributed by atoms with van der Waals surface area (Å²) in [7, 11) is 1.81. The number of hydrogen-bond acceptors (Lipinski definition) is 5. The lowest BCUT2D eigenvalue weighted by Crippen LogP contribution is -2.39. The maximum Gasteiger partial charge on any atom is 0.257 e. The van der Waals surface area contributed by atoms with Crippen LogP contribution < -0.4 is 5.73 Å². The number of nitrogens with zero attached hydrogens (tertiary/aromatic N) is 4. The third-order valence-corrected chi connectivity index (χ3v) is 4.31. The van der Waals surface area contributed by atoms with Crippen molar-refractivity contribution in [1.29, 1.82) is 0 Å². The molecule has 6 nitrogen and oxygen atoms in total. The second-order valence-electron chi connectivity index (χ2n) is 5.10. The molecule has 20 heavy (non-hydrogen) atoms. The van der Waals surface area contributed by atoms with Crippen molar-refractivity contribution in [2.75, 3.05) is 18.8 Å². The fourth-order valence-electron chi connectivity index (χ4n) is 2.61. The van der Waals surface area contributed by atoms with E-state index in [0.717, 1.165) is 25.1 Å². The maximum absolute atomic E-state index is 12.4. The van der Waals surface area contributed by atoms with Crippen molar-refractivity contribution in [2.24, 2.45) is 7.05 Å². The van der Waals surface area contributed by atoms with Crippen LogP contribution in [0.5, 0.6) is 0 Å². The number of carbonyl (C=O) groups excluding carboxylic acids is 1. The van der Waals surface area contributed by atoms with Gasteiger partial charge in [-0.25, -0.2) is 4.98 Å². The largest absolute Gasteiger partial charge is 0.375 e. The quantitative estimate of drug-likeness (QED) is 0.909. The Morgan fingerprint density at radius 2 is 2.40 bits per heavy atom. The maximum atomic E-state index is 12.4. The molecule has 0 aliphatic carbocycles. The Bertz CT molecular complexity index is 620. The normalized spacial score (nSPS) is 19.2. The summed E-state index contributed by atoms with van der Waals surface area (Å²) in [6.07, 6.45) is 5.42. The predicted molar refractivity (Wildman–Crippen MR) is 77.6 cm³/mol. The van der Waals surface area contributed by atoms with Gasteiger partial charge < -0.3 is 10.6 Å². The Morgan fingerprint density at radius 1 is 1.55 bits per heavy atom. The fourth-order valence-corrected chi connectivity index (χ4v) is 3.25. The molecule has 1 fully saturated rings. The van der Waals surface area contributed by atoms with Crippen LogP contribution in [-0.2, 0) is 7.05 Å². The van der Waals surface area contributed by atoms with Gasteiger partial charge in [0.25, 0.3) is 5.91 Å². The first-order valence-electron chi connectivity index (χ1n) is 6.62. The van der Waals surface area contributed by atoms with Crippen LogP contribution in [0.1, 0.15) is 34.8 Å². The molecule has 1 atom stereocenters. The zero-order valence-electron chi connectivity index (χ0n) is 11.3. The lowest BCUT2D eigenvalue weighted by molar-refractivity contribution is 0.0706. The van der Waals surface area contributed by atoms with Gasteiger partial charge in [0.15, 0.2) is 5.13 Å². The van der Waals surface area contributed by atoms with Gasteiger partial charge in [-0.05, 0) is 12.8 Å². The Hall–Kier alpha value is -1.89. The molecule has 0 radical (unpaired) electrons. The van der Waals surface area contributed by atoms with Crippen LogP contribution in [0.15, 0.2) is 17.8 Å². The molecule has 3 rings (SSSR count). The van der Waals surface area contributed by atoms with Crippen LogP contribution in [-0.4, -0.2) is 38.7 Å². The van der Waals surface area contributed by atoms with Crippen molar-refractivity contribution < 1.29 is 4.79 Å². The van der Waals surface area contributed by atoms with E-state index in [0.29, 0.717) is 17.2 Å². The van der Waals surface area contributed by atoms with Gasteiger partial charge in [-0.1, -0.05) is 0 Å². The Labute approximate surface area is 121 Å². The highest BCUT2D eigenvalue weighted by Gasteiger charge is 2.27. The molecule has 0 unspecified atom stereocenters. The summed E-state index contributed by atoms with van der Waals surface area (Å²) in [6.45, 7) is 1.50. The van der Waals surface area contributed by atoms with Crippen molar-refractivity contribution in [3.05, 3.63) is 29.0 Å². The molecule has 106 valence electrons. The molecule has 3 heterocycles. The Kier molecular flexibility index (Phi) is 3.43. The fraction of sp³-hybridized carbons (Fsp3) is 0.462. The number of nitrogens with two attached hydrogens (primary N) is 1. The minimum Gasteiger partial charge on any atom is -0.375 e. The molecule has 0 spiro atoms. The SMILES string of the molecule is Cn1cc(C(=O)N2CCC[C@H](c3csc(N)n3)C2)cn1. The van der Waals surface area contributed by atoms with Gasteiger partial charge in [0.2, 0.25) is 0 Å². The highest BCUT2D eigenvalue weighted by molar-refractivity contribution is 7.13. The van der Waals surface area contributed by atoms with Gasteiger partial charge >= 0.3 is 0 Å². The number of thiazole rings is 1. The molecule has 7 heteroatoms. The average molecular weight is 291 g/mol. The van der Waals surface area contributed by atoms with E-state index in [1.807, 2.05) is 17.3 Å². The number of carbonyl (C=O) groups is 1.